The summed E-state index contributed by atoms with van der Waals surface area (Å²) in [7, 11) is 3.15. The number of amides is 2. The number of hydrogen-bond donors (Lipinski definition) is 0. The number of anilines is 1. The number of Topliss-reactive ketones (excluding diaryl/α,β-unsaturated/α-hetero) is 1. The second-order valence-corrected chi connectivity index (χ2v) is 9.39. The second kappa shape index (κ2) is 10.4. The van der Waals surface area contributed by atoms with Crippen molar-refractivity contribution in [1.82, 2.24) is 4.90 Å². The van der Waals surface area contributed by atoms with Gasteiger partial charge in [0.25, 0.3) is 0 Å². The molecular weight excluding hydrogens is 456 g/mol. The maximum atomic E-state index is 12.7. The lowest BCUT2D eigenvalue weighted by Gasteiger charge is -2.24. The van der Waals surface area contributed by atoms with Crippen molar-refractivity contribution in [2.45, 2.75) is 37.3 Å². The second-order valence-electron chi connectivity index (χ2n) is 8.25. The number of carbonyl (C=O) groups excluding carboxylic acids is 3. The molecule has 0 saturated carbocycles. The molecule has 2 heterocycles. The van der Waals surface area contributed by atoms with E-state index in [-0.39, 0.29) is 18.2 Å². The predicted octanol–water partition coefficient (Wildman–Crippen LogP) is 4.15. The zero-order valence-electron chi connectivity index (χ0n) is 19.5. The third-order valence-electron chi connectivity index (χ3n) is 5.98. The van der Waals surface area contributed by atoms with Gasteiger partial charge < -0.3 is 19.1 Å². The quantitative estimate of drug-likeness (QED) is 0.584. The van der Waals surface area contributed by atoms with Crippen molar-refractivity contribution in [2.75, 3.05) is 38.0 Å². The molecule has 8 nitrogen and oxygen atoms in total. The van der Waals surface area contributed by atoms with Gasteiger partial charge in [-0.1, -0.05) is 0 Å². The highest BCUT2D eigenvalue weighted by Gasteiger charge is 2.34. The largest absolute Gasteiger partial charge is 0.497 e. The average Bonchev–Trinajstić information content (AvgIpc) is 3.10. The highest BCUT2D eigenvalue weighted by molar-refractivity contribution is 7.99. The van der Waals surface area contributed by atoms with Crippen LogP contribution in [0.4, 0.5) is 10.5 Å². The van der Waals surface area contributed by atoms with Gasteiger partial charge in [0.15, 0.2) is 5.78 Å². The number of nitrogens with zero attached hydrogens (tertiary/aromatic N) is 2. The number of thioether (sulfide) groups is 1. The van der Waals surface area contributed by atoms with E-state index >= 15 is 0 Å². The molecule has 4 rings (SSSR count). The molecule has 34 heavy (non-hydrogen) atoms. The number of hydrogen-bond acceptors (Lipinski definition) is 7. The molecule has 2 aliphatic heterocycles. The van der Waals surface area contributed by atoms with Crippen molar-refractivity contribution >= 4 is 35.2 Å². The normalized spacial score (nSPS) is 17.6. The molecule has 0 unspecified atom stereocenters. The first-order valence-electron chi connectivity index (χ1n) is 11.1. The molecule has 0 spiro atoms. The summed E-state index contributed by atoms with van der Waals surface area (Å²) in [6.45, 7) is 2.38. The van der Waals surface area contributed by atoms with Gasteiger partial charge >= 0.3 is 6.09 Å². The van der Waals surface area contributed by atoms with Crippen LogP contribution in [0.1, 0.15) is 35.7 Å². The molecule has 180 valence electrons. The molecule has 1 saturated heterocycles. The van der Waals surface area contributed by atoms with Crippen LogP contribution in [-0.4, -0.2) is 61.8 Å². The Hall–Kier alpha value is -3.20. The van der Waals surface area contributed by atoms with Crippen LogP contribution >= 0.6 is 11.8 Å². The number of ketones is 1. The minimum absolute atomic E-state index is 0.132. The van der Waals surface area contributed by atoms with Gasteiger partial charge in [-0.2, -0.15) is 0 Å². The van der Waals surface area contributed by atoms with Crippen LogP contribution in [0.3, 0.4) is 0 Å². The maximum Gasteiger partial charge on any atom is 0.414 e. The standard InChI is InChI=1S/C25H28N2O6S/c1-16(28)26(13-17-6-8-19(31-2)12-23(17)32-3)14-20-15-27(25(30)33-20)18-7-9-21-22(29)5-4-10-34-24(21)11-18/h6-9,11-12,20H,4-5,10,13-15H2,1-3H3/t20-/m0/s1. The lowest BCUT2D eigenvalue weighted by molar-refractivity contribution is -0.130. The summed E-state index contributed by atoms with van der Waals surface area (Å²) in [4.78, 5) is 41.4. The van der Waals surface area contributed by atoms with Gasteiger partial charge in [0.05, 0.1) is 27.3 Å². The van der Waals surface area contributed by atoms with E-state index < -0.39 is 12.2 Å². The number of methoxy groups -OCH3 is 2. The van der Waals surface area contributed by atoms with E-state index in [1.165, 1.54) is 6.92 Å². The molecule has 0 aromatic heterocycles. The molecule has 0 N–H and O–H groups in total. The van der Waals surface area contributed by atoms with E-state index in [0.717, 1.165) is 22.6 Å². The molecule has 0 radical (unpaired) electrons. The van der Waals surface area contributed by atoms with E-state index in [4.69, 9.17) is 14.2 Å². The summed E-state index contributed by atoms with van der Waals surface area (Å²) in [5, 5.41) is 0. The molecule has 2 aromatic rings. The van der Waals surface area contributed by atoms with Crippen LogP contribution in [0, 0.1) is 0 Å². The highest BCUT2D eigenvalue weighted by atomic mass is 32.2. The first-order chi connectivity index (χ1) is 16.4. The number of rotatable bonds is 7. The zero-order valence-corrected chi connectivity index (χ0v) is 20.4. The van der Waals surface area contributed by atoms with Crippen molar-refractivity contribution in [1.29, 1.82) is 0 Å². The van der Waals surface area contributed by atoms with Gasteiger partial charge in [0.2, 0.25) is 5.91 Å². The van der Waals surface area contributed by atoms with E-state index in [1.54, 1.807) is 54.0 Å². The Morgan fingerprint density at radius 3 is 2.74 bits per heavy atom. The van der Waals surface area contributed by atoms with Crippen molar-refractivity contribution in [3.05, 3.63) is 47.5 Å². The summed E-state index contributed by atoms with van der Waals surface area (Å²) in [5.41, 5.74) is 2.23. The Morgan fingerprint density at radius 2 is 2.00 bits per heavy atom. The Balaban J connectivity index is 1.47. The third-order valence-corrected chi connectivity index (χ3v) is 7.12. The molecule has 1 atom stereocenters. The number of cyclic esters (lactones) is 1. The Bertz CT molecular complexity index is 1100. The summed E-state index contributed by atoms with van der Waals surface area (Å²) < 4.78 is 16.3. The molecule has 0 aliphatic carbocycles. The van der Waals surface area contributed by atoms with Crippen LogP contribution in [0.25, 0.3) is 0 Å². The van der Waals surface area contributed by atoms with Gasteiger partial charge in [-0.3, -0.25) is 14.5 Å². The van der Waals surface area contributed by atoms with Crippen LogP contribution in [0.5, 0.6) is 11.5 Å². The SMILES string of the molecule is COc1ccc(CN(C[C@H]2CN(c3ccc4c(c3)SCCCC4=O)C(=O)O2)C(C)=O)c(OC)c1. The van der Waals surface area contributed by atoms with Crippen molar-refractivity contribution in [2.24, 2.45) is 0 Å². The third kappa shape index (κ3) is 5.14. The fraction of sp³-hybridized carbons (Fsp3) is 0.400. The molecular formula is C25H28N2O6S. The van der Waals surface area contributed by atoms with E-state index in [0.29, 0.717) is 42.3 Å². The maximum absolute atomic E-state index is 12.7. The van der Waals surface area contributed by atoms with E-state index in [1.807, 2.05) is 18.2 Å². The summed E-state index contributed by atoms with van der Waals surface area (Å²) in [5.74, 6) is 2.16. The minimum Gasteiger partial charge on any atom is -0.497 e. The minimum atomic E-state index is -0.478. The first kappa shape index (κ1) is 23.9. The lowest BCUT2D eigenvalue weighted by atomic mass is 10.1. The smallest absolute Gasteiger partial charge is 0.414 e. The fourth-order valence-electron chi connectivity index (χ4n) is 4.14. The van der Waals surface area contributed by atoms with E-state index in [2.05, 4.69) is 0 Å². The number of benzene rings is 2. The van der Waals surface area contributed by atoms with Gasteiger partial charge in [-0.05, 0) is 42.5 Å². The highest BCUT2D eigenvalue weighted by Crippen LogP contribution is 2.34. The number of carbonyl (C=O) groups is 3. The monoisotopic (exact) mass is 484 g/mol. The summed E-state index contributed by atoms with van der Waals surface area (Å²) >= 11 is 1.64. The molecule has 2 amide bonds. The molecule has 9 heteroatoms. The Morgan fingerprint density at radius 1 is 1.18 bits per heavy atom. The van der Waals surface area contributed by atoms with Crippen LogP contribution in [0.2, 0.25) is 0 Å². The van der Waals surface area contributed by atoms with Crippen molar-refractivity contribution in [3.63, 3.8) is 0 Å². The van der Waals surface area contributed by atoms with Gasteiger partial charge in [0, 0.05) is 47.7 Å². The first-order valence-corrected chi connectivity index (χ1v) is 12.1. The van der Waals surface area contributed by atoms with Gasteiger partial charge in [-0.25, -0.2) is 4.79 Å². The predicted molar refractivity (Wildman–Crippen MR) is 129 cm³/mol. The summed E-state index contributed by atoms with van der Waals surface area (Å²) in [6, 6.07) is 10.9. The van der Waals surface area contributed by atoms with Crippen LogP contribution in [-0.2, 0) is 16.1 Å². The van der Waals surface area contributed by atoms with Gasteiger partial charge in [-0.15, -0.1) is 11.8 Å². The Labute approximate surface area is 203 Å². The lowest BCUT2D eigenvalue weighted by Crippen LogP contribution is -2.37. The van der Waals surface area contributed by atoms with Gasteiger partial charge in [0.1, 0.15) is 17.6 Å². The number of fused-ring (bicyclic) bond motifs is 1. The molecule has 2 aliphatic rings. The number of ether oxygens (including phenoxy) is 3. The molecule has 2 aromatic carbocycles. The molecule has 0 bridgehead atoms. The van der Waals surface area contributed by atoms with E-state index in [9.17, 15) is 14.4 Å². The van der Waals surface area contributed by atoms with Crippen LogP contribution in [0.15, 0.2) is 41.3 Å². The fourth-order valence-corrected chi connectivity index (χ4v) is 5.19. The topological polar surface area (TPSA) is 85.4 Å². The molecule has 1 fully saturated rings. The van der Waals surface area contributed by atoms with Crippen molar-refractivity contribution < 1.29 is 28.6 Å². The van der Waals surface area contributed by atoms with Crippen molar-refractivity contribution in [3.8, 4) is 11.5 Å². The summed E-state index contributed by atoms with van der Waals surface area (Å²) in [6.07, 6.45) is 0.461. The average molecular weight is 485 g/mol. The van der Waals surface area contributed by atoms with Crippen LogP contribution < -0.4 is 14.4 Å². The zero-order chi connectivity index (χ0) is 24.2. The Kier molecular flexibility index (Phi) is 7.31.